The number of halogens is 2. The second-order valence-electron chi connectivity index (χ2n) is 5.51. The number of hydrogen-bond donors (Lipinski definition) is 1. The third-order valence-corrected chi connectivity index (χ3v) is 4.02. The Morgan fingerprint density at radius 3 is 2.65 bits per heavy atom. The van der Waals surface area contributed by atoms with Crippen LogP contribution in [0.3, 0.4) is 0 Å². The highest BCUT2D eigenvalue weighted by Gasteiger charge is 2.18. The molecule has 20 heavy (non-hydrogen) atoms. The number of hydrogen-bond acceptors (Lipinski definition) is 5. The fourth-order valence-electron chi connectivity index (χ4n) is 1.56. The summed E-state index contributed by atoms with van der Waals surface area (Å²) in [6.45, 7) is 7.36. The second-order valence-corrected chi connectivity index (χ2v) is 6.62. The molecule has 0 atom stereocenters. The minimum Gasteiger partial charge on any atom is -0.355 e. The van der Waals surface area contributed by atoms with Crippen molar-refractivity contribution in [2.45, 2.75) is 45.7 Å². The summed E-state index contributed by atoms with van der Waals surface area (Å²) in [7, 11) is 0. The highest BCUT2D eigenvalue weighted by atomic mass is 32.1. The molecule has 0 aliphatic heterocycles. The molecule has 0 saturated heterocycles. The predicted molar refractivity (Wildman–Crippen MR) is 72.8 cm³/mol. The van der Waals surface area contributed by atoms with E-state index in [2.05, 4.69) is 40.8 Å². The largest absolute Gasteiger partial charge is 0.355 e. The Kier molecular flexibility index (Phi) is 4.49. The van der Waals surface area contributed by atoms with Crippen molar-refractivity contribution >= 4 is 11.3 Å². The summed E-state index contributed by atoms with van der Waals surface area (Å²) in [5.41, 5.74) is 0.516. The number of nitrogens with one attached hydrogen (secondary N) is 1. The number of nitrogens with zero attached hydrogens (tertiary/aromatic N) is 2. The van der Waals surface area contributed by atoms with Crippen LogP contribution in [0.1, 0.15) is 48.5 Å². The fourth-order valence-corrected chi connectivity index (χ4v) is 2.50. The minimum atomic E-state index is -2.62. The van der Waals surface area contributed by atoms with Gasteiger partial charge in [0.25, 0.3) is 6.43 Å². The summed E-state index contributed by atoms with van der Waals surface area (Å²) in [5.74, 6) is -0.394. The minimum absolute atomic E-state index is 0.0429. The average Bonchev–Trinajstić information content (AvgIpc) is 2.96. The molecule has 0 spiro atoms. The molecule has 0 aliphatic carbocycles. The van der Waals surface area contributed by atoms with Gasteiger partial charge in [-0.15, -0.1) is 11.3 Å². The van der Waals surface area contributed by atoms with Crippen LogP contribution in [-0.2, 0) is 18.5 Å². The first kappa shape index (κ1) is 15.1. The Morgan fingerprint density at radius 2 is 2.10 bits per heavy atom. The van der Waals surface area contributed by atoms with E-state index in [1.165, 1.54) is 6.07 Å². The van der Waals surface area contributed by atoms with E-state index in [0.29, 0.717) is 18.8 Å². The van der Waals surface area contributed by atoms with Crippen LogP contribution in [0.25, 0.3) is 0 Å². The molecular weight excluding hydrogens is 284 g/mol. The molecule has 0 aliphatic rings. The smallest absolute Gasteiger partial charge is 0.298 e. The molecule has 1 N–H and O–H groups in total. The lowest BCUT2D eigenvalue weighted by atomic mass is 9.98. The maximum absolute atomic E-state index is 12.3. The Balaban J connectivity index is 1.85. The van der Waals surface area contributed by atoms with Crippen LogP contribution in [0, 0.1) is 0 Å². The monoisotopic (exact) mass is 301 g/mol. The van der Waals surface area contributed by atoms with Crippen LogP contribution in [0.2, 0.25) is 0 Å². The number of thiazole rings is 1. The molecule has 0 amide bonds. The van der Waals surface area contributed by atoms with Crippen LogP contribution < -0.4 is 5.32 Å². The molecule has 2 aromatic rings. The first-order chi connectivity index (χ1) is 9.36. The van der Waals surface area contributed by atoms with Gasteiger partial charge in [-0.05, 0) is 0 Å². The topological polar surface area (TPSA) is 51.0 Å². The van der Waals surface area contributed by atoms with E-state index in [9.17, 15) is 8.78 Å². The van der Waals surface area contributed by atoms with Crippen LogP contribution in [0.15, 0.2) is 16.8 Å². The van der Waals surface area contributed by atoms with E-state index in [0.717, 1.165) is 9.88 Å². The fraction of sp³-hybridized carbons (Fsp3) is 0.538. The lowest BCUT2D eigenvalue weighted by Gasteiger charge is -2.13. The van der Waals surface area contributed by atoms with E-state index >= 15 is 0 Å². The van der Waals surface area contributed by atoms with Crippen molar-refractivity contribution in [3.05, 3.63) is 33.6 Å². The van der Waals surface area contributed by atoms with Crippen molar-refractivity contribution in [1.82, 2.24) is 15.5 Å². The summed E-state index contributed by atoms with van der Waals surface area (Å²) in [6, 6.07) is 1.27. The third-order valence-electron chi connectivity index (χ3n) is 2.59. The molecule has 0 saturated carbocycles. The van der Waals surface area contributed by atoms with E-state index in [1.54, 1.807) is 11.3 Å². The number of aromatic nitrogens is 2. The summed E-state index contributed by atoms with van der Waals surface area (Å²) in [5, 5.41) is 7.80. The molecule has 0 fully saturated rings. The van der Waals surface area contributed by atoms with Crippen molar-refractivity contribution in [2.75, 3.05) is 0 Å². The Labute approximate surface area is 120 Å². The molecule has 4 nitrogen and oxygen atoms in total. The molecule has 0 radical (unpaired) electrons. The van der Waals surface area contributed by atoms with Crippen molar-refractivity contribution < 1.29 is 13.3 Å². The van der Waals surface area contributed by atoms with Crippen LogP contribution in [-0.4, -0.2) is 10.1 Å². The predicted octanol–water partition coefficient (Wildman–Crippen LogP) is 3.66. The van der Waals surface area contributed by atoms with Gasteiger partial charge in [-0.25, -0.2) is 13.8 Å². The van der Waals surface area contributed by atoms with Crippen molar-refractivity contribution in [1.29, 1.82) is 0 Å². The molecule has 2 heterocycles. The Hall–Kier alpha value is -1.34. The number of alkyl halides is 2. The summed E-state index contributed by atoms with van der Waals surface area (Å²) >= 11 is 1.65. The van der Waals surface area contributed by atoms with Gasteiger partial charge < -0.3 is 9.84 Å². The first-order valence-corrected chi connectivity index (χ1v) is 7.07. The van der Waals surface area contributed by atoms with Gasteiger partial charge in [0.15, 0.2) is 0 Å². The Morgan fingerprint density at radius 1 is 1.35 bits per heavy atom. The van der Waals surface area contributed by atoms with Gasteiger partial charge in [-0.1, -0.05) is 25.9 Å². The number of rotatable bonds is 5. The zero-order valence-corrected chi connectivity index (χ0v) is 12.4. The molecule has 2 rings (SSSR count). The lowest BCUT2D eigenvalue weighted by molar-refractivity contribution is 0.112. The summed E-state index contributed by atoms with van der Waals surface area (Å²) in [4.78, 5) is 5.49. The van der Waals surface area contributed by atoms with Gasteiger partial charge in [0, 0.05) is 35.6 Å². The van der Waals surface area contributed by atoms with Gasteiger partial charge in [0.1, 0.15) is 0 Å². The second kappa shape index (κ2) is 5.97. The molecule has 2 aromatic heterocycles. The quantitative estimate of drug-likeness (QED) is 0.915. The molecular formula is C13H17F2N3OS. The van der Waals surface area contributed by atoms with Gasteiger partial charge in [0.05, 0.1) is 10.7 Å². The van der Waals surface area contributed by atoms with E-state index in [-0.39, 0.29) is 5.41 Å². The average molecular weight is 301 g/mol. The molecule has 110 valence electrons. The first-order valence-electron chi connectivity index (χ1n) is 6.26. The van der Waals surface area contributed by atoms with E-state index in [4.69, 9.17) is 0 Å². The standard InChI is InChI=1S/C13H17F2N3OS/c1-13(2,3)12-17-7-9(20-12)6-16-5-8-4-10(11(14)15)19-18-8/h4,7,11,16H,5-6H2,1-3H3. The van der Waals surface area contributed by atoms with E-state index in [1.807, 2.05) is 6.20 Å². The highest BCUT2D eigenvalue weighted by molar-refractivity contribution is 7.11. The Bertz CT molecular complexity index is 560. The lowest BCUT2D eigenvalue weighted by Crippen LogP contribution is -2.12. The molecule has 7 heteroatoms. The maximum atomic E-state index is 12.3. The zero-order chi connectivity index (χ0) is 14.8. The van der Waals surface area contributed by atoms with E-state index < -0.39 is 12.2 Å². The third kappa shape index (κ3) is 3.83. The summed E-state index contributed by atoms with van der Waals surface area (Å²) in [6.07, 6.45) is -0.780. The molecule has 0 unspecified atom stereocenters. The maximum Gasteiger partial charge on any atom is 0.298 e. The SMILES string of the molecule is CC(C)(C)c1ncc(CNCc2cc(C(F)F)on2)s1. The van der Waals surface area contributed by atoms with Crippen molar-refractivity contribution in [3.63, 3.8) is 0 Å². The normalized spacial score (nSPS) is 12.3. The van der Waals surface area contributed by atoms with Crippen LogP contribution >= 0.6 is 11.3 Å². The van der Waals surface area contributed by atoms with Gasteiger partial charge >= 0.3 is 0 Å². The van der Waals surface area contributed by atoms with Crippen LogP contribution in [0.5, 0.6) is 0 Å². The molecule has 0 bridgehead atoms. The zero-order valence-electron chi connectivity index (χ0n) is 11.6. The van der Waals surface area contributed by atoms with Crippen molar-refractivity contribution in [3.8, 4) is 0 Å². The van der Waals surface area contributed by atoms with Gasteiger partial charge in [-0.2, -0.15) is 0 Å². The van der Waals surface area contributed by atoms with Gasteiger partial charge in [-0.3, -0.25) is 0 Å². The van der Waals surface area contributed by atoms with Gasteiger partial charge in [0.2, 0.25) is 5.76 Å². The summed E-state index contributed by atoms with van der Waals surface area (Å²) < 4.78 is 29.2. The van der Waals surface area contributed by atoms with Crippen LogP contribution in [0.4, 0.5) is 8.78 Å². The van der Waals surface area contributed by atoms with Crippen molar-refractivity contribution in [2.24, 2.45) is 0 Å². The highest BCUT2D eigenvalue weighted by Crippen LogP contribution is 2.26. The molecule has 0 aromatic carbocycles.